The first-order valence-corrected chi connectivity index (χ1v) is 19.8. The fraction of sp³-hybridized carbons (Fsp3) is 0.316. The zero-order chi connectivity index (χ0) is 36.1. The first kappa shape index (κ1) is 36.9. The van der Waals surface area contributed by atoms with Crippen LogP contribution in [0.3, 0.4) is 0 Å². The van der Waals surface area contributed by atoms with Crippen molar-refractivity contribution in [1.29, 1.82) is 0 Å². The van der Waals surface area contributed by atoms with Crippen LogP contribution >= 0.6 is 0 Å². The summed E-state index contributed by atoms with van der Waals surface area (Å²) in [5.41, 5.74) is 1.85. The van der Waals surface area contributed by atoms with Crippen molar-refractivity contribution < 1.29 is 35.5 Å². The first-order valence-electron chi connectivity index (χ1n) is 16.9. The van der Waals surface area contributed by atoms with E-state index in [2.05, 4.69) is 24.5 Å². The molecule has 0 saturated carbocycles. The number of anilines is 4. The number of ketones is 2. The third kappa shape index (κ3) is 8.32. The Morgan fingerprint density at radius 1 is 0.520 bits per heavy atom. The molecule has 1 aliphatic rings. The Morgan fingerprint density at radius 3 is 1.26 bits per heavy atom. The van der Waals surface area contributed by atoms with Gasteiger partial charge >= 0.3 is 0 Å². The van der Waals surface area contributed by atoms with Crippen LogP contribution in [0, 0.1) is 0 Å². The van der Waals surface area contributed by atoms with Crippen LogP contribution in [-0.2, 0) is 33.1 Å². The van der Waals surface area contributed by atoms with Gasteiger partial charge in [-0.25, -0.2) is 0 Å². The molecule has 0 saturated heterocycles. The van der Waals surface area contributed by atoms with E-state index in [-0.39, 0.29) is 54.8 Å². The van der Waals surface area contributed by atoms with Crippen molar-refractivity contribution in [3.8, 4) is 0 Å². The largest absolute Gasteiger partial charge is 0.354 e. The van der Waals surface area contributed by atoms with Crippen molar-refractivity contribution in [3.05, 3.63) is 106 Å². The zero-order valence-electron chi connectivity index (χ0n) is 28.2. The highest BCUT2D eigenvalue weighted by atomic mass is 32.2. The van der Waals surface area contributed by atoms with Crippen molar-refractivity contribution in [2.75, 3.05) is 10.6 Å². The van der Waals surface area contributed by atoms with E-state index in [0.29, 0.717) is 12.8 Å². The van der Waals surface area contributed by atoms with E-state index in [4.69, 9.17) is 0 Å². The molecular formula is C38H42N2O8S2. The lowest BCUT2D eigenvalue weighted by molar-refractivity contribution is 0.0980. The van der Waals surface area contributed by atoms with Gasteiger partial charge in [0.05, 0.1) is 33.9 Å². The standard InChI is InChI=1S/C38H42N2O8S2/c1-3-5-7-9-13-25-17-19-29(33(23-25)49(43,44)45)39-31-21-22-32(36-35(31)37(41)27-15-11-12-16-28(27)38(36)42)40-30-20-18-26(14-10-8-6-4-2)24-34(30)50(46,47)48/h11-12,15-24,39-40H,3-10,13-14H2,1-2H3,(H,43,44,45)(H,46,47,48). The quantitative estimate of drug-likeness (QED) is 0.0572. The molecule has 0 spiro atoms. The summed E-state index contributed by atoms with van der Waals surface area (Å²) in [6, 6.07) is 18.6. The Bertz CT molecular complexity index is 1990. The first-order chi connectivity index (χ1) is 23.8. The van der Waals surface area contributed by atoms with Gasteiger partial charge in [-0.1, -0.05) is 88.8 Å². The van der Waals surface area contributed by atoms with Crippen LogP contribution in [0.1, 0.15) is 108 Å². The minimum Gasteiger partial charge on any atom is -0.354 e. The molecule has 12 heteroatoms. The predicted octanol–water partition coefficient (Wildman–Crippen LogP) is 8.69. The van der Waals surface area contributed by atoms with Crippen LogP contribution < -0.4 is 10.6 Å². The second-order valence-electron chi connectivity index (χ2n) is 12.6. The maximum Gasteiger partial charge on any atom is 0.296 e. The van der Waals surface area contributed by atoms with Gasteiger partial charge < -0.3 is 10.6 Å². The Hall–Kier alpha value is -4.36. The van der Waals surface area contributed by atoms with Crippen molar-refractivity contribution in [2.45, 2.75) is 87.8 Å². The number of carbonyl (C=O) groups excluding carboxylic acids is 2. The molecule has 1 aliphatic carbocycles. The van der Waals surface area contributed by atoms with Crippen LogP contribution in [0.25, 0.3) is 0 Å². The summed E-state index contributed by atoms with van der Waals surface area (Å²) in [4.78, 5) is 27.4. The predicted molar refractivity (Wildman–Crippen MR) is 195 cm³/mol. The molecule has 4 aromatic rings. The van der Waals surface area contributed by atoms with Crippen LogP contribution in [0.15, 0.2) is 82.6 Å². The lowest BCUT2D eigenvalue weighted by Gasteiger charge is -2.25. The van der Waals surface area contributed by atoms with E-state index >= 15 is 0 Å². The molecule has 0 bridgehead atoms. The second-order valence-corrected chi connectivity index (χ2v) is 15.4. The van der Waals surface area contributed by atoms with Gasteiger partial charge in [-0.3, -0.25) is 18.7 Å². The monoisotopic (exact) mass is 718 g/mol. The van der Waals surface area contributed by atoms with Crippen LogP contribution in [0.4, 0.5) is 22.7 Å². The molecule has 0 aromatic heterocycles. The summed E-state index contributed by atoms with van der Waals surface area (Å²) < 4.78 is 70.5. The van der Waals surface area contributed by atoms with Crippen LogP contribution in [0.5, 0.6) is 0 Å². The topological polar surface area (TPSA) is 167 Å². The van der Waals surface area contributed by atoms with Crippen molar-refractivity contribution >= 4 is 54.6 Å². The number of benzene rings is 4. The fourth-order valence-electron chi connectivity index (χ4n) is 6.31. The van der Waals surface area contributed by atoms with Gasteiger partial charge in [0.1, 0.15) is 9.79 Å². The van der Waals surface area contributed by atoms with Crippen LogP contribution in [-0.4, -0.2) is 37.5 Å². The minimum absolute atomic E-state index is 0.00927. The van der Waals surface area contributed by atoms with Gasteiger partial charge in [0.25, 0.3) is 20.2 Å². The number of nitrogens with one attached hydrogen (secondary N) is 2. The van der Waals surface area contributed by atoms with Crippen molar-refractivity contribution in [2.24, 2.45) is 0 Å². The van der Waals surface area contributed by atoms with E-state index in [0.717, 1.165) is 62.5 Å². The van der Waals surface area contributed by atoms with Gasteiger partial charge in [0, 0.05) is 11.1 Å². The fourth-order valence-corrected chi connectivity index (χ4v) is 7.71. The van der Waals surface area contributed by atoms with Crippen LogP contribution in [0.2, 0.25) is 0 Å². The third-order valence-electron chi connectivity index (χ3n) is 8.90. The van der Waals surface area contributed by atoms with Crippen molar-refractivity contribution in [1.82, 2.24) is 0 Å². The summed E-state index contributed by atoms with van der Waals surface area (Å²) in [6.45, 7) is 4.19. The summed E-state index contributed by atoms with van der Waals surface area (Å²) in [5.74, 6) is -1.03. The molecule has 0 aliphatic heterocycles. The Morgan fingerprint density at radius 2 is 0.900 bits per heavy atom. The molecule has 4 N–H and O–H groups in total. The molecule has 264 valence electrons. The van der Waals surface area contributed by atoms with E-state index in [1.807, 2.05) is 0 Å². The molecule has 0 heterocycles. The molecule has 4 aromatic carbocycles. The lowest BCUT2D eigenvalue weighted by atomic mass is 9.82. The average Bonchev–Trinajstić information content (AvgIpc) is 3.08. The summed E-state index contributed by atoms with van der Waals surface area (Å²) in [5, 5.41) is 5.96. The molecule has 5 rings (SSSR count). The maximum absolute atomic E-state index is 14.1. The lowest BCUT2D eigenvalue weighted by Crippen LogP contribution is -2.23. The number of rotatable bonds is 16. The molecule has 0 amide bonds. The van der Waals surface area contributed by atoms with Gasteiger partial charge in [-0.05, 0) is 73.2 Å². The van der Waals surface area contributed by atoms with Gasteiger partial charge in [-0.2, -0.15) is 16.8 Å². The average molecular weight is 719 g/mol. The number of fused-ring (bicyclic) bond motifs is 2. The molecule has 10 nitrogen and oxygen atoms in total. The highest BCUT2D eigenvalue weighted by Crippen LogP contribution is 2.40. The summed E-state index contributed by atoms with van der Waals surface area (Å²) >= 11 is 0. The normalized spacial score (nSPS) is 12.8. The van der Waals surface area contributed by atoms with Gasteiger partial charge in [-0.15, -0.1) is 0 Å². The molecule has 0 atom stereocenters. The third-order valence-corrected chi connectivity index (χ3v) is 10.7. The zero-order valence-corrected chi connectivity index (χ0v) is 29.8. The molecular weight excluding hydrogens is 677 g/mol. The number of hydrogen-bond acceptors (Lipinski definition) is 8. The minimum atomic E-state index is -4.69. The van der Waals surface area contributed by atoms with Gasteiger partial charge in [0.15, 0.2) is 11.6 Å². The highest BCUT2D eigenvalue weighted by molar-refractivity contribution is 7.86. The number of aryl methyl sites for hydroxylation is 2. The molecule has 0 unspecified atom stereocenters. The van der Waals surface area contributed by atoms with E-state index < -0.39 is 31.8 Å². The molecule has 50 heavy (non-hydrogen) atoms. The Labute approximate surface area is 293 Å². The Kier molecular flexibility index (Phi) is 11.6. The van der Waals surface area contributed by atoms with E-state index in [9.17, 15) is 35.5 Å². The Balaban J connectivity index is 1.58. The summed E-state index contributed by atoms with van der Waals surface area (Å²) in [7, 11) is -9.39. The molecule has 0 radical (unpaired) electrons. The van der Waals surface area contributed by atoms with E-state index in [1.165, 1.54) is 48.5 Å². The molecule has 0 fully saturated rings. The smallest absolute Gasteiger partial charge is 0.296 e. The maximum atomic E-state index is 14.1. The summed E-state index contributed by atoms with van der Waals surface area (Å²) in [6.07, 6.45) is 9.12. The number of carbonyl (C=O) groups is 2. The highest BCUT2D eigenvalue weighted by Gasteiger charge is 2.35. The van der Waals surface area contributed by atoms with E-state index in [1.54, 1.807) is 24.3 Å². The SMILES string of the molecule is CCCCCCc1ccc(Nc2ccc(Nc3ccc(CCCCCC)cc3S(=O)(=O)O)c3c2C(=O)c2ccccc2C3=O)c(S(=O)(=O)O)c1. The number of unbranched alkanes of at least 4 members (excludes halogenated alkanes) is 6. The van der Waals surface area contributed by atoms with Gasteiger partial charge in [0.2, 0.25) is 0 Å². The second kappa shape index (κ2) is 15.7. The van der Waals surface area contributed by atoms with Crippen molar-refractivity contribution in [3.63, 3.8) is 0 Å². The number of hydrogen-bond donors (Lipinski definition) is 4.